The molecule has 320 valence electrons. The van der Waals surface area contributed by atoms with Crippen molar-refractivity contribution >= 4 is 11.6 Å². The van der Waals surface area contributed by atoms with Crippen LogP contribution in [0.15, 0.2) is 90.1 Å². The molecule has 1 saturated carbocycles. The molecule has 1 aliphatic heterocycles. The number of ether oxygens (including phenoxy) is 4. The molecule has 3 N–H and O–H groups in total. The number of fused-ring (bicyclic) bond motifs is 2. The van der Waals surface area contributed by atoms with Crippen molar-refractivity contribution in [2.45, 2.75) is 76.2 Å². The summed E-state index contributed by atoms with van der Waals surface area (Å²) in [6, 6.07) is 19.5. The number of allylic oxidation sites excluding steroid dienone is 1. The minimum atomic E-state index is -1.47. The fraction of sp³-hybridized carbons (Fsp3) is 0.489. The molecule has 13 heteroatoms. The van der Waals surface area contributed by atoms with Crippen molar-refractivity contribution in [2.75, 3.05) is 53.3 Å². The Morgan fingerprint density at radius 2 is 1.83 bits per heavy atom. The molecular formula is C47H58N4O9. The monoisotopic (exact) mass is 822 g/mol. The SMILES string of the molecule is C=CCO[C@@]12Oc3ccc(OCc4cccc(C)n4)cc3[C@H]3[C@H](CCCCO)[C@@H](CCCCO)C=C(C(=NOC)C[C@@H]1N(CCOCCO)C(=O)c1ccc(C#N)cc1)[C@H]32. The number of nitriles is 1. The molecule has 2 aromatic carbocycles. The average Bonchev–Trinajstić information content (AvgIpc) is 3.26. The quantitative estimate of drug-likeness (QED) is 0.0593. The molecule has 3 aliphatic rings. The first kappa shape index (κ1) is 44.5. The Morgan fingerprint density at radius 3 is 2.53 bits per heavy atom. The molecule has 0 spiro atoms. The van der Waals surface area contributed by atoms with E-state index in [1.807, 2.05) is 37.3 Å². The summed E-state index contributed by atoms with van der Waals surface area (Å²) in [6.07, 6.45) is 8.68. The predicted octanol–water partition coefficient (Wildman–Crippen LogP) is 6.26. The Bertz CT molecular complexity index is 2010. The molecule has 2 heterocycles. The van der Waals surface area contributed by atoms with Gasteiger partial charge < -0.3 is 44.0 Å². The summed E-state index contributed by atoms with van der Waals surface area (Å²) >= 11 is 0. The van der Waals surface area contributed by atoms with Gasteiger partial charge in [0.1, 0.15) is 31.3 Å². The summed E-state index contributed by atoms with van der Waals surface area (Å²) in [7, 11) is 1.51. The van der Waals surface area contributed by atoms with Gasteiger partial charge in [0.2, 0.25) is 5.79 Å². The minimum Gasteiger partial charge on any atom is -0.487 e. The van der Waals surface area contributed by atoms with Gasteiger partial charge in [-0.05, 0) is 105 Å². The zero-order valence-corrected chi connectivity index (χ0v) is 34.7. The van der Waals surface area contributed by atoms with Crippen LogP contribution in [0, 0.1) is 36.0 Å². The van der Waals surface area contributed by atoms with Crippen molar-refractivity contribution in [3.8, 4) is 17.6 Å². The number of carbonyl (C=O) groups excluding carboxylic acids is 1. The Hall–Kier alpha value is -5.10. The smallest absolute Gasteiger partial charge is 0.254 e. The van der Waals surface area contributed by atoms with Crippen molar-refractivity contribution in [3.05, 3.63) is 113 Å². The van der Waals surface area contributed by atoms with E-state index in [1.54, 1.807) is 35.2 Å². The second kappa shape index (κ2) is 21.4. The lowest BCUT2D eigenvalue weighted by atomic mass is 9.55. The van der Waals surface area contributed by atoms with E-state index in [9.17, 15) is 25.4 Å². The maximum Gasteiger partial charge on any atom is 0.254 e. The summed E-state index contributed by atoms with van der Waals surface area (Å²) < 4.78 is 26.5. The fourth-order valence-electron chi connectivity index (χ4n) is 9.27. The lowest BCUT2D eigenvalue weighted by Crippen LogP contribution is -2.70. The van der Waals surface area contributed by atoms with Crippen LogP contribution in [0.3, 0.4) is 0 Å². The third kappa shape index (κ3) is 9.91. The lowest BCUT2D eigenvalue weighted by Gasteiger charge is -2.60. The molecule has 13 nitrogen and oxygen atoms in total. The number of amides is 1. The van der Waals surface area contributed by atoms with Gasteiger partial charge in [0.15, 0.2) is 0 Å². The zero-order valence-electron chi connectivity index (χ0n) is 34.7. The van der Waals surface area contributed by atoms with Crippen LogP contribution in [0.5, 0.6) is 11.5 Å². The van der Waals surface area contributed by atoms with E-state index in [4.69, 9.17) is 23.8 Å². The van der Waals surface area contributed by atoms with Crippen LogP contribution in [0.25, 0.3) is 0 Å². The highest BCUT2D eigenvalue weighted by atomic mass is 16.7. The number of rotatable bonds is 22. The standard InChI is InChI=1S/C47H58N4O9/c1-4-24-59-47-43(51(20-25-57-26-23-54)46(55)34-16-14-33(30-48)15-17-34)29-41(50-56-3)39-27-35(11-5-7-21-52)38(13-6-8-22-53)44(45(39)47)40-28-37(18-19-42(40)60-47)58-31-36-12-9-10-32(2)49-36/h4,9-10,12,14-19,27-28,35,38,43-45,52-54H,1,5-8,11,13,20-26,29,31H2,2-3H3/t35-,38+,43-,44+,45+,47+/m0/s1. The Labute approximate surface area is 352 Å². The van der Waals surface area contributed by atoms with Gasteiger partial charge in [-0.3, -0.25) is 9.78 Å². The predicted molar refractivity (Wildman–Crippen MR) is 225 cm³/mol. The third-order valence-electron chi connectivity index (χ3n) is 11.8. The van der Waals surface area contributed by atoms with E-state index in [0.29, 0.717) is 41.2 Å². The molecule has 0 unspecified atom stereocenters. The highest BCUT2D eigenvalue weighted by molar-refractivity contribution is 6.03. The second-order valence-corrected chi connectivity index (χ2v) is 15.5. The number of aliphatic hydroxyl groups is 3. The summed E-state index contributed by atoms with van der Waals surface area (Å²) in [6.45, 7) is 6.67. The summed E-state index contributed by atoms with van der Waals surface area (Å²) in [5.41, 5.74) is 5.01. The van der Waals surface area contributed by atoms with Crippen molar-refractivity contribution in [2.24, 2.45) is 22.9 Å². The van der Waals surface area contributed by atoms with Crippen molar-refractivity contribution in [1.29, 1.82) is 5.26 Å². The Morgan fingerprint density at radius 1 is 1.05 bits per heavy atom. The number of aryl methyl sites for hydroxylation is 1. The molecule has 6 rings (SSSR count). The number of benzene rings is 2. The number of aliphatic hydroxyl groups excluding tert-OH is 3. The average molecular weight is 823 g/mol. The first-order valence-corrected chi connectivity index (χ1v) is 21.0. The molecule has 2 aliphatic carbocycles. The van der Waals surface area contributed by atoms with Crippen LogP contribution in [0.4, 0.5) is 0 Å². The molecule has 1 fully saturated rings. The van der Waals surface area contributed by atoms with Gasteiger partial charge in [-0.25, -0.2) is 0 Å². The number of unbranched alkanes of at least 4 members (excludes halogenated alkanes) is 2. The minimum absolute atomic E-state index is 0.0325. The number of pyridine rings is 1. The first-order chi connectivity index (χ1) is 29.3. The van der Waals surface area contributed by atoms with Crippen LogP contribution >= 0.6 is 0 Å². The number of aromatic nitrogens is 1. The van der Waals surface area contributed by atoms with E-state index in [-0.39, 0.29) is 82.9 Å². The van der Waals surface area contributed by atoms with E-state index in [0.717, 1.165) is 48.2 Å². The largest absolute Gasteiger partial charge is 0.487 e. The third-order valence-corrected chi connectivity index (χ3v) is 11.8. The summed E-state index contributed by atoms with van der Waals surface area (Å²) in [5.74, 6) is -1.18. The summed E-state index contributed by atoms with van der Waals surface area (Å²) in [5, 5.41) is 43.5. The zero-order chi connectivity index (χ0) is 42.5. The molecule has 60 heavy (non-hydrogen) atoms. The highest BCUT2D eigenvalue weighted by Gasteiger charge is 2.65. The summed E-state index contributed by atoms with van der Waals surface area (Å²) in [4.78, 5) is 26.8. The van der Waals surface area contributed by atoms with Crippen molar-refractivity contribution in [3.63, 3.8) is 0 Å². The number of oxime groups is 1. The van der Waals surface area contributed by atoms with Gasteiger partial charge >= 0.3 is 0 Å². The lowest BCUT2D eigenvalue weighted by molar-refractivity contribution is -0.254. The molecule has 1 aromatic heterocycles. The van der Waals surface area contributed by atoms with E-state index in [1.165, 1.54) is 7.11 Å². The van der Waals surface area contributed by atoms with Crippen LogP contribution in [0.2, 0.25) is 0 Å². The number of nitrogens with zero attached hydrogens (tertiary/aromatic N) is 4. The first-order valence-electron chi connectivity index (χ1n) is 21.0. The van der Waals surface area contributed by atoms with Gasteiger partial charge in [0.05, 0.1) is 55.4 Å². The number of hydrogen-bond donors (Lipinski definition) is 3. The van der Waals surface area contributed by atoms with Gasteiger partial charge in [0, 0.05) is 48.9 Å². The van der Waals surface area contributed by atoms with Crippen LogP contribution in [0.1, 0.15) is 83.7 Å². The molecule has 0 radical (unpaired) electrons. The molecule has 3 aromatic rings. The van der Waals surface area contributed by atoms with Gasteiger partial charge in [0.25, 0.3) is 5.91 Å². The maximum absolute atomic E-state index is 14.9. The molecule has 6 atom stereocenters. The van der Waals surface area contributed by atoms with Crippen LogP contribution in [-0.2, 0) is 20.9 Å². The van der Waals surface area contributed by atoms with Gasteiger partial charge in [-0.1, -0.05) is 36.2 Å². The van der Waals surface area contributed by atoms with Crippen molar-refractivity contribution in [1.82, 2.24) is 9.88 Å². The van der Waals surface area contributed by atoms with E-state index < -0.39 is 17.7 Å². The van der Waals surface area contributed by atoms with E-state index >= 15 is 0 Å². The van der Waals surface area contributed by atoms with Crippen LogP contribution < -0.4 is 9.47 Å². The molecular weight excluding hydrogens is 765 g/mol. The van der Waals surface area contributed by atoms with Crippen LogP contribution in [-0.4, -0.2) is 102 Å². The van der Waals surface area contributed by atoms with Gasteiger partial charge in [-0.2, -0.15) is 5.26 Å². The molecule has 0 bridgehead atoms. The second-order valence-electron chi connectivity index (χ2n) is 15.5. The number of carbonyl (C=O) groups is 1. The Balaban J connectivity index is 1.56. The number of hydrogen-bond acceptors (Lipinski definition) is 12. The van der Waals surface area contributed by atoms with E-state index in [2.05, 4.69) is 34.9 Å². The Kier molecular flexibility index (Phi) is 15.9. The molecule has 1 amide bonds. The molecule has 0 saturated heterocycles. The maximum atomic E-state index is 14.9. The topological polar surface area (TPSA) is 176 Å². The highest BCUT2D eigenvalue weighted by Crippen LogP contribution is 2.62. The normalized spacial score (nSPS) is 23.4. The fourth-order valence-corrected chi connectivity index (χ4v) is 9.27. The van der Waals surface area contributed by atoms with Gasteiger partial charge in [-0.15, -0.1) is 6.58 Å². The van der Waals surface area contributed by atoms with Crippen molar-refractivity contribution < 1.29 is 43.9 Å².